The lowest BCUT2D eigenvalue weighted by molar-refractivity contribution is -0.112. The van der Waals surface area contributed by atoms with E-state index in [4.69, 9.17) is 9.47 Å². The van der Waals surface area contributed by atoms with Crippen molar-refractivity contribution in [2.45, 2.75) is 13.3 Å². The highest BCUT2D eigenvalue weighted by Gasteiger charge is 2.13. The van der Waals surface area contributed by atoms with Gasteiger partial charge in [-0.05, 0) is 48.4 Å². The number of hydrogen-bond acceptors (Lipinski definition) is 7. The molecule has 0 bridgehead atoms. The van der Waals surface area contributed by atoms with Crippen molar-refractivity contribution in [1.29, 1.82) is 5.26 Å². The van der Waals surface area contributed by atoms with Crippen LogP contribution in [0.15, 0.2) is 84.4 Å². The van der Waals surface area contributed by atoms with Gasteiger partial charge in [-0.25, -0.2) is 0 Å². The first-order chi connectivity index (χ1) is 17.6. The summed E-state index contributed by atoms with van der Waals surface area (Å²) in [6, 6.07) is 26.8. The summed E-state index contributed by atoms with van der Waals surface area (Å²) in [6.45, 7) is 2.84. The van der Waals surface area contributed by atoms with Gasteiger partial charge < -0.3 is 9.47 Å². The van der Waals surface area contributed by atoms with E-state index in [-0.39, 0.29) is 5.57 Å². The lowest BCUT2D eigenvalue weighted by atomic mass is 10.1. The van der Waals surface area contributed by atoms with E-state index in [1.165, 1.54) is 23.0 Å². The number of nitriles is 1. The number of benzene rings is 3. The molecule has 1 heterocycles. The van der Waals surface area contributed by atoms with Gasteiger partial charge in [-0.15, -0.1) is 10.2 Å². The molecular formula is C28H24N4O3S. The fourth-order valence-corrected chi connectivity index (χ4v) is 4.01. The molecule has 4 rings (SSSR count). The molecule has 0 unspecified atom stereocenters. The number of carbonyl (C=O) groups excluding carboxylic acids is 1. The Labute approximate surface area is 213 Å². The van der Waals surface area contributed by atoms with Crippen LogP contribution in [-0.4, -0.2) is 29.3 Å². The summed E-state index contributed by atoms with van der Waals surface area (Å²) >= 11 is 1.28. The van der Waals surface area contributed by atoms with Gasteiger partial charge >= 0.3 is 0 Å². The molecule has 0 atom stereocenters. The second-order valence-corrected chi connectivity index (χ2v) is 8.93. The van der Waals surface area contributed by atoms with E-state index >= 15 is 0 Å². The van der Waals surface area contributed by atoms with Crippen molar-refractivity contribution in [2.24, 2.45) is 0 Å². The third-order valence-corrected chi connectivity index (χ3v) is 5.92. The average molecular weight is 497 g/mol. The predicted octanol–water partition coefficient (Wildman–Crippen LogP) is 5.44. The van der Waals surface area contributed by atoms with Crippen molar-refractivity contribution in [2.75, 3.05) is 18.5 Å². The molecule has 0 aliphatic heterocycles. The van der Waals surface area contributed by atoms with Gasteiger partial charge in [0.25, 0.3) is 5.91 Å². The minimum absolute atomic E-state index is 0.0324. The minimum atomic E-state index is -0.534. The smallest absolute Gasteiger partial charge is 0.268 e. The fourth-order valence-electron chi connectivity index (χ4n) is 3.24. The van der Waals surface area contributed by atoms with Gasteiger partial charge in [-0.3, -0.25) is 10.1 Å². The Morgan fingerprint density at radius 1 is 0.944 bits per heavy atom. The first-order valence-corrected chi connectivity index (χ1v) is 12.1. The maximum atomic E-state index is 12.6. The van der Waals surface area contributed by atoms with E-state index in [1.807, 2.05) is 67.6 Å². The number of aryl methyl sites for hydroxylation is 1. The van der Waals surface area contributed by atoms with Gasteiger partial charge in [0, 0.05) is 6.42 Å². The molecule has 180 valence electrons. The summed E-state index contributed by atoms with van der Waals surface area (Å²) in [7, 11) is 0. The van der Waals surface area contributed by atoms with Gasteiger partial charge in [-0.2, -0.15) is 5.26 Å². The van der Waals surface area contributed by atoms with Crippen LogP contribution in [0.5, 0.6) is 11.5 Å². The molecule has 0 fully saturated rings. The lowest BCUT2D eigenvalue weighted by Crippen LogP contribution is -2.13. The Kier molecular flexibility index (Phi) is 8.41. The Morgan fingerprint density at radius 3 is 2.22 bits per heavy atom. The van der Waals surface area contributed by atoms with Gasteiger partial charge in [0.05, 0.1) is 0 Å². The first kappa shape index (κ1) is 24.6. The maximum absolute atomic E-state index is 12.6. The highest BCUT2D eigenvalue weighted by Crippen LogP contribution is 2.20. The van der Waals surface area contributed by atoms with Crippen molar-refractivity contribution in [3.63, 3.8) is 0 Å². The molecule has 0 spiro atoms. The van der Waals surface area contributed by atoms with Crippen LogP contribution in [0, 0.1) is 18.3 Å². The molecule has 0 aliphatic carbocycles. The topological polar surface area (TPSA) is 97.1 Å². The van der Waals surface area contributed by atoms with Crippen LogP contribution in [0.2, 0.25) is 0 Å². The van der Waals surface area contributed by atoms with Crippen molar-refractivity contribution < 1.29 is 14.3 Å². The molecule has 7 nitrogen and oxygen atoms in total. The zero-order valence-electron chi connectivity index (χ0n) is 19.7. The number of anilines is 1. The van der Waals surface area contributed by atoms with Gasteiger partial charge in [0.1, 0.15) is 41.4 Å². The summed E-state index contributed by atoms with van der Waals surface area (Å²) in [5.41, 5.74) is 2.95. The molecule has 0 aliphatic rings. The summed E-state index contributed by atoms with van der Waals surface area (Å²) in [5.74, 6) is 0.934. The molecule has 0 saturated heterocycles. The molecule has 0 radical (unpaired) electrons. The second-order valence-electron chi connectivity index (χ2n) is 7.87. The van der Waals surface area contributed by atoms with Crippen LogP contribution in [0.3, 0.4) is 0 Å². The summed E-state index contributed by atoms with van der Waals surface area (Å²) < 4.78 is 11.4. The number of nitrogens with zero attached hydrogens (tertiary/aromatic N) is 3. The van der Waals surface area contributed by atoms with Crippen LogP contribution in [0.25, 0.3) is 6.08 Å². The number of amides is 1. The first-order valence-electron chi connectivity index (χ1n) is 11.3. The van der Waals surface area contributed by atoms with Gasteiger partial charge in [0.15, 0.2) is 0 Å². The van der Waals surface area contributed by atoms with Gasteiger partial charge in [0.2, 0.25) is 5.13 Å². The quantitative estimate of drug-likeness (QED) is 0.178. The van der Waals surface area contributed by atoms with Crippen molar-refractivity contribution in [3.05, 3.63) is 106 Å². The van der Waals surface area contributed by atoms with Crippen LogP contribution in [0.1, 0.15) is 21.7 Å². The maximum Gasteiger partial charge on any atom is 0.268 e. The fraction of sp³-hybridized carbons (Fsp3) is 0.143. The number of hydrogen-bond donors (Lipinski definition) is 1. The van der Waals surface area contributed by atoms with E-state index in [2.05, 4.69) is 15.5 Å². The van der Waals surface area contributed by atoms with E-state index < -0.39 is 5.91 Å². The predicted molar refractivity (Wildman–Crippen MR) is 140 cm³/mol. The monoisotopic (exact) mass is 496 g/mol. The molecular weight excluding hydrogens is 472 g/mol. The van der Waals surface area contributed by atoms with Crippen LogP contribution < -0.4 is 14.8 Å². The molecule has 1 N–H and O–H groups in total. The second kappa shape index (κ2) is 12.3. The Bertz CT molecular complexity index is 1360. The number of nitrogens with one attached hydrogen (secondary N) is 1. The highest BCUT2D eigenvalue weighted by atomic mass is 32.1. The third kappa shape index (κ3) is 7.26. The van der Waals surface area contributed by atoms with E-state index in [0.717, 1.165) is 16.3 Å². The van der Waals surface area contributed by atoms with Gasteiger partial charge in [-0.1, -0.05) is 71.5 Å². The normalized spacial score (nSPS) is 10.9. The number of carbonyl (C=O) groups is 1. The van der Waals surface area contributed by atoms with Crippen LogP contribution in [-0.2, 0) is 11.2 Å². The molecule has 1 aromatic heterocycles. The molecule has 1 amide bonds. The Hall–Kier alpha value is -4.48. The molecule has 36 heavy (non-hydrogen) atoms. The minimum Gasteiger partial charge on any atom is -0.490 e. The standard InChI is InChI=1S/C28H24N4O3S/c1-20-7-11-24(12-8-20)34-15-16-35-25-13-9-22(10-14-25)17-23(19-29)27(33)30-28-32-31-26(36-28)18-21-5-3-2-4-6-21/h2-14,17H,15-16,18H2,1H3,(H,30,32,33)/b23-17-. The van der Waals surface area contributed by atoms with Crippen LogP contribution in [0.4, 0.5) is 5.13 Å². The summed E-state index contributed by atoms with van der Waals surface area (Å²) in [5, 5.41) is 21.4. The lowest BCUT2D eigenvalue weighted by Gasteiger charge is -2.09. The third-order valence-electron chi connectivity index (χ3n) is 5.08. The van der Waals surface area contributed by atoms with E-state index in [0.29, 0.717) is 36.1 Å². The number of aromatic nitrogens is 2. The Morgan fingerprint density at radius 2 is 1.58 bits per heavy atom. The molecule has 0 saturated carbocycles. The van der Waals surface area contributed by atoms with Crippen molar-refractivity contribution >= 4 is 28.5 Å². The summed E-state index contributed by atoms with van der Waals surface area (Å²) in [6.07, 6.45) is 2.15. The zero-order valence-corrected chi connectivity index (χ0v) is 20.5. The highest BCUT2D eigenvalue weighted by molar-refractivity contribution is 7.15. The zero-order chi connectivity index (χ0) is 25.2. The number of rotatable bonds is 10. The molecule has 4 aromatic rings. The summed E-state index contributed by atoms with van der Waals surface area (Å²) in [4.78, 5) is 12.6. The van der Waals surface area contributed by atoms with Crippen molar-refractivity contribution in [3.8, 4) is 17.6 Å². The SMILES string of the molecule is Cc1ccc(OCCOc2ccc(/C=C(/C#N)C(=O)Nc3nnc(Cc4ccccc4)s3)cc2)cc1. The van der Waals surface area contributed by atoms with E-state index in [1.54, 1.807) is 24.3 Å². The Balaban J connectivity index is 1.28. The number of ether oxygens (including phenoxy) is 2. The average Bonchev–Trinajstić information content (AvgIpc) is 3.34. The van der Waals surface area contributed by atoms with E-state index in [9.17, 15) is 10.1 Å². The molecule has 8 heteroatoms. The molecule has 3 aromatic carbocycles. The largest absolute Gasteiger partial charge is 0.490 e. The van der Waals surface area contributed by atoms with Crippen molar-refractivity contribution in [1.82, 2.24) is 10.2 Å². The van der Waals surface area contributed by atoms with Crippen LogP contribution >= 0.6 is 11.3 Å².